The van der Waals surface area contributed by atoms with Gasteiger partial charge in [-0.2, -0.15) is 0 Å². The summed E-state index contributed by atoms with van der Waals surface area (Å²) in [6.07, 6.45) is 1.60. The average molecular weight is 447 g/mol. The van der Waals surface area contributed by atoms with Gasteiger partial charge in [0.1, 0.15) is 11.6 Å². The van der Waals surface area contributed by atoms with Crippen molar-refractivity contribution in [3.8, 4) is 11.1 Å². The molecule has 7 heteroatoms. The molecule has 1 atom stereocenters. The van der Waals surface area contributed by atoms with Crippen LogP contribution in [0, 0.1) is 25.5 Å². The molecule has 0 spiro atoms. The molecule has 5 nitrogen and oxygen atoms in total. The molecule has 1 saturated heterocycles. The Kier molecular flexibility index (Phi) is 5.32. The van der Waals surface area contributed by atoms with Gasteiger partial charge in [-0.05, 0) is 79.3 Å². The monoisotopic (exact) mass is 447 g/mol. The summed E-state index contributed by atoms with van der Waals surface area (Å²) in [5.74, 6) is -1.31. The number of urea groups is 1. The van der Waals surface area contributed by atoms with Crippen molar-refractivity contribution in [2.45, 2.75) is 32.7 Å². The molecule has 1 unspecified atom stereocenters. The molecule has 3 aromatic carbocycles. The van der Waals surface area contributed by atoms with Gasteiger partial charge in [-0.25, -0.2) is 18.6 Å². The number of benzene rings is 3. The van der Waals surface area contributed by atoms with Crippen LogP contribution in [0.2, 0.25) is 0 Å². The highest BCUT2D eigenvalue weighted by atomic mass is 19.2. The Morgan fingerprint density at radius 1 is 1.06 bits per heavy atom. The molecular weight excluding hydrogens is 424 g/mol. The Morgan fingerprint density at radius 3 is 2.67 bits per heavy atom. The van der Waals surface area contributed by atoms with Gasteiger partial charge in [0.05, 0.1) is 0 Å². The SMILES string of the molecule is Cc1cccc(NC(=O)N2CCCC2c2nc3cc(-c4ccc(F)c(F)c4)ccc3o2)c1C. The third-order valence-corrected chi connectivity index (χ3v) is 6.30. The van der Waals surface area contributed by atoms with Crippen LogP contribution in [-0.2, 0) is 0 Å². The van der Waals surface area contributed by atoms with Crippen molar-refractivity contribution in [2.75, 3.05) is 11.9 Å². The van der Waals surface area contributed by atoms with E-state index in [1.54, 1.807) is 23.1 Å². The molecule has 168 valence electrons. The van der Waals surface area contributed by atoms with Crippen LogP contribution in [0.3, 0.4) is 0 Å². The highest BCUT2D eigenvalue weighted by Gasteiger charge is 2.34. The summed E-state index contributed by atoms with van der Waals surface area (Å²) in [7, 11) is 0. The number of anilines is 1. The summed E-state index contributed by atoms with van der Waals surface area (Å²) >= 11 is 0. The lowest BCUT2D eigenvalue weighted by Crippen LogP contribution is -2.34. The second kappa shape index (κ2) is 8.31. The Morgan fingerprint density at radius 2 is 1.85 bits per heavy atom. The first-order valence-corrected chi connectivity index (χ1v) is 10.9. The summed E-state index contributed by atoms with van der Waals surface area (Å²) in [6.45, 7) is 4.61. The van der Waals surface area contributed by atoms with Gasteiger partial charge >= 0.3 is 6.03 Å². The predicted molar refractivity (Wildman–Crippen MR) is 123 cm³/mol. The molecule has 1 N–H and O–H groups in total. The summed E-state index contributed by atoms with van der Waals surface area (Å²) in [5.41, 5.74) is 5.38. The van der Waals surface area contributed by atoms with Gasteiger partial charge < -0.3 is 14.6 Å². The van der Waals surface area contributed by atoms with Gasteiger partial charge in [0.15, 0.2) is 17.2 Å². The number of likely N-dealkylation sites (tertiary alicyclic amines) is 1. The number of rotatable bonds is 3. The maximum absolute atomic E-state index is 13.7. The first-order chi connectivity index (χ1) is 15.9. The summed E-state index contributed by atoms with van der Waals surface area (Å²) in [4.78, 5) is 19.4. The van der Waals surface area contributed by atoms with Crippen LogP contribution in [-0.4, -0.2) is 22.5 Å². The van der Waals surface area contributed by atoms with Crippen LogP contribution in [0.1, 0.15) is 35.9 Å². The zero-order chi connectivity index (χ0) is 23.1. The lowest BCUT2D eigenvalue weighted by molar-refractivity contribution is 0.199. The fraction of sp³-hybridized carbons (Fsp3) is 0.231. The molecule has 1 fully saturated rings. The van der Waals surface area contributed by atoms with E-state index >= 15 is 0 Å². The standard InChI is InChI=1S/C26H23F2N3O2/c1-15-5-3-6-21(16(15)2)30-26(32)31-12-4-7-23(31)25-29-22-14-18(9-11-24(22)33-25)17-8-10-19(27)20(28)13-17/h3,5-6,8-11,13-14,23H,4,7,12H2,1-2H3,(H,30,32). The molecular formula is C26H23F2N3O2. The van der Waals surface area contributed by atoms with E-state index in [4.69, 9.17) is 4.42 Å². The molecule has 1 aromatic heterocycles. The third kappa shape index (κ3) is 3.95. The first-order valence-electron chi connectivity index (χ1n) is 10.9. The molecule has 0 bridgehead atoms. The normalized spacial score (nSPS) is 15.9. The van der Waals surface area contributed by atoms with E-state index < -0.39 is 11.6 Å². The lowest BCUT2D eigenvalue weighted by atomic mass is 10.1. The number of nitrogens with zero attached hydrogens (tertiary/aromatic N) is 2. The van der Waals surface area contributed by atoms with Crippen LogP contribution < -0.4 is 5.32 Å². The molecule has 2 heterocycles. The molecule has 2 amide bonds. The van der Waals surface area contributed by atoms with Crippen LogP contribution in [0.4, 0.5) is 19.3 Å². The molecule has 4 aromatic rings. The van der Waals surface area contributed by atoms with Gasteiger partial charge in [0, 0.05) is 12.2 Å². The van der Waals surface area contributed by atoms with Gasteiger partial charge in [-0.3, -0.25) is 0 Å². The van der Waals surface area contributed by atoms with Crippen molar-refractivity contribution in [1.29, 1.82) is 0 Å². The minimum absolute atomic E-state index is 0.184. The number of halogens is 2. The fourth-order valence-corrected chi connectivity index (χ4v) is 4.28. The Balaban J connectivity index is 1.41. The minimum atomic E-state index is -0.898. The van der Waals surface area contributed by atoms with Gasteiger partial charge in [0.25, 0.3) is 0 Å². The summed E-state index contributed by atoms with van der Waals surface area (Å²) in [6, 6.07) is 14.5. The molecule has 1 aliphatic rings. The highest BCUT2D eigenvalue weighted by molar-refractivity contribution is 5.91. The number of aryl methyl sites for hydroxylation is 1. The van der Waals surface area contributed by atoms with E-state index in [2.05, 4.69) is 10.3 Å². The summed E-state index contributed by atoms with van der Waals surface area (Å²) < 4.78 is 32.9. The molecule has 33 heavy (non-hydrogen) atoms. The lowest BCUT2D eigenvalue weighted by Gasteiger charge is -2.23. The topological polar surface area (TPSA) is 58.4 Å². The van der Waals surface area contributed by atoms with Crippen molar-refractivity contribution in [3.63, 3.8) is 0 Å². The Labute approximate surface area is 190 Å². The largest absolute Gasteiger partial charge is 0.438 e. The molecule has 0 saturated carbocycles. The number of amides is 2. The zero-order valence-corrected chi connectivity index (χ0v) is 18.4. The van der Waals surface area contributed by atoms with Crippen LogP contribution in [0.15, 0.2) is 59.0 Å². The van der Waals surface area contributed by atoms with E-state index in [-0.39, 0.29) is 12.1 Å². The Hall–Kier alpha value is -3.74. The van der Waals surface area contributed by atoms with Crippen molar-refractivity contribution in [3.05, 3.63) is 83.2 Å². The first kappa shape index (κ1) is 21.1. The van der Waals surface area contributed by atoms with E-state index in [0.717, 1.165) is 41.8 Å². The maximum Gasteiger partial charge on any atom is 0.322 e. The van der Waals surface area contributed by atoms with E-state index in [1.165, 1.54) is 6.07 Å². The van der Waals surface area contributed by atoms with E-state index in [1.807, 2.05) is 32.0 Å². The van der Waals surface area contributed by atoms with Gasteiger partial charge in [0.2, 0.25) is 5.89 Å². The summed E-state index contributed by atoms with van der Waals surface area (Å²) in [5, 5.41) is 3.02. The Bertz CT molecular complexity index is 1370. The van der Waals surface area contributed by atoms with Gasteiger partial charge in [-0.1, -0.05) is 24.3 Å². The molecule has 5 rings (SSSR count). The number of fused-ring (bicyclic) bond motifs is 1. The van der Waals surface area contributed by atoms with Crippen molar-refractivity contribution in [1.82, 2.24) is 9.88 Å². The van der Waals surface area contributed by atoms with Crippen molar-refractivity contribution in [2.24, 2.45) is 0 Å². The number of aromatic nitrogens is 1. The molecule has 0 radical (unpaired) electrons. The number of nitrogens with one attached hydrogen (secondary N) is 1. The second-order valence-electron chi connectivity index (χ2n) is 8.39. The highest BCUT2D eigenvalue weighted by Crippen LogP contribution is 2.35. The number of hydrogen-bond acceptors (Lipinski definition) is 3. The number of carbonyl (C=O) groups is 1. The third-order valence-electron chi connectivity index (χ3n) is 6.30. The number of carbonyl (C=O) groups excluding carboxylic acids is 1. The van der Waals surface area contributed by atoms with Crippen LogP contribution >= 0.6 is 0 Å². The van der Waals surface area contributed by atoms with Crippen LogP contribution in [0.25, 0.3) is 22.2 Å². The van der Waals surface area contributed by atoms with Crippen LogP contribution in [0.5, 0.6) is 0 Å². The zero-order valence-electron chi connectivity index (χ0n) is 18.4. The molecule has 1 aliphatic heterocycles. The second-order valence-corrected chi connectivity index (χ2v) is 8.39. The predicted octanol–water partition coefficient (Wildman–Crippen LogP) is 6.76. The fourth-order valence-electron chi connectivity index (χ4n) is 4.28. The van der Waals surface area contributed by atoms with Gasteiger partial charge in [-0.15, -0.1) is 0 Å². The van der Waals surface area contributed by atoms with E-state index in [9.17, 15) is 13.6 Å². The van der Waals surface area contributed by atoms with Crippen molar-refractivity contribution >= 4 is 22.8 Å². The van der Waals surface area contributed by atoms with E-state index in [0.29, 0.717) is 34.7 Å². The average Bonchev–Trinajstić information content (AvgIpc) is 3.45. The number of hydrogen-bond donors (Lipinski definition) is 1. The maximum atomic E-state index is 13.7. The molecule has 0 aliphatic carbocycles. The smallest absolute Gasteiger partial charge is 0.322 e. The quantitative estimate of drug-likeness (QED) is 0.378. The number of oxazole rings is 1. The minimum Gasteiger partial charge on any atom is -0.438 e. The van der Waals surface area contributed by atoms with Crippen molar-refractivity contribution < 1.29 is 18.0 Å².